The molecule has 0 heterocycles. The molecule has 0 rings (SSSR count). The van der Waals surface area contributed by atoms with Gasteiger partial charge in [0, 0.05) is 32.3 Å². The molecule has 0 saturated carbocycles. The fourth-order valence-corrected chi connectivity index (χ4v) is 4.36. The first-order valence-electron chi connectivity index (χ1n) is 7.61. The van der Waals surface area contributed by atoms with E-state index in [1.165, 1.54) is 0 Å². The van der Waals surface area contributed by atoms with Gasteiger partial charge in [0.15, 0.2) is 5.78 Å². The lowest BCUT2D eigenvalue weighted by molar-refractivity contribution is -0.115. The van der Waals surface area contributed by atoms with Crippen LogP contribution in [-0.4, -0.2) is 34.4 Å². The SMILES string of the molecule is C=C(C)C(=O)CC[Si](OCCC)(OCCC)OCCC. The minimum Gasteiger partial charge on any atom is -0.373 e. The maximum Gasteiger partial charge on any atom is 0.501 e. The van der Waals surface area contributed by atoms with Crippen LogP contribution < -0.4 is 0 Å². The molecule has 0 aliphatic rings. The number of carbonyl (C=O) groups excluding carboxylic acids is 1. The van der Waals surface area contributed by atoms with E-state index in [0.717, 1.165) is 19.3 Å². The van der Waals surface area contributed by atoms with Crippen molar-refractivity contribution in [2.75, 3.05) is 19.8 Å². The number of rotatable bonds is 13. The topological polar surface area (TPSA) is 44.8 Å². The summed E-state index contributed by atoms with van der Waals surface area (Å²) in [5, 5.41) is 0. The first kappa shape index (κ1) is 19.5. The third-order valence-corrected chi connectivity index (χ3v) is 5.51. The van der Waals surface area contributed by atoms with E-state index in [4.69, 9.17) is 13.3 Å². The van der Waals surface area contributed by atoms with Gasteiger partial charge in [0.1, 0.15) is 0 Å². The van der Waals surface area contributed by atoms with Crippen molar-refractivity contribution in [2.24, 2.45) is 0 Å². The molecule has 0 N–H and O–H groups in total. The molecule has 0 fully saturated rings. The molecule has 0 amide bonds. The minimum absolute atomic E-state index is 0.0576. The standard InChI is InChI=1S/C15H30O4Si/c1-6-10-17-20(18-11-7-2,19-12-8-3)13-9-15(16)14(4)5/h4,6-13H2,1-3,5H3. The molecule has 0 aliphatic carbocycles. The summed E-state index contributed by atoms with van der Waals surface area (Å²) in [6, 6.07) is 0.540. The van der Waals surface area contributed by atoms with Gasteiger partial charge in [0.25, 0.3) is 0 Å². The average Bonchev–Trinajstić information content (AvgIpc) is 2.45. The number of Topliss-reactive ketones (excluding diaryl/α,β-unsaturated/α-hetero) is 1. The Morgan fingerprint density at radius 2 is 1.35 bits per heavy atom. The Labute approximate surface area is 124 Å². The van der Waals surface area contributed by atoms with Crippen molar-refractivity contribution in [1.29, 1.82) is 0 Å². The molecule has 0 atom stereocenters. The van der Waals surface area contributed by atoms with Gasteiger partial charge in [-0.15, -0.1) is 0 Å². The van der Waals surface area contributed by atoms with Gasteiger partial charge in [0.05, 0.1) is 0 Å². The highest BCUT2D eigenvalue weighted by atomic mass is 28.4. The summed E-state index contributed by atoms with van der Waals surface area (Å²) in [4.78, 5) is 11.8. The van der Waals surface area contributed by atoms with Crippen molar-refractivity contribution < 1.29 is 18.1 Å². The third-order valence-electron chi connectivity index (χ3n) is 2.71. The zero-order chi connectivity index (χ0) is 15.4. The predicted molar refractivity (Wildman–Crippen MR) is 83.7 cm³/mol. The predicted octanol–water partition coefficient (Wildman–Crippen LogP) is 3.74. The molecule has 0 aliphatic heterocycles. The molecular weight excluding hydrogens is 272 g/mol. The quantitative estimate of drug-likeness (QED) is 0.384. The maximum absolute atomic E-state index is 11.8. The normalized spacial score (nSPS) is 11.6. The van der Waals surface area contributed by atoms with Gasteiger partial charge in [-0.05, 0) is 31.8 Å². The smallest absolute Gasteiger partial charge is 0.373 e. The lowest BCUT2D eigenvalue weighted by atomic mass is 10.2. The van der Waals surface area contributed by atoms with Crippen molar-refractivity contribution in [1.82, 2.24) is 0 Å². The van der Waals surface area contributed by atoms with Crippen LogP contribution in [0.25, 0.3) is 0 Å². The van der Waals surface area contributed by atoms with Crippen LogP contribution in [0.15, 0.2) is 12.2 Å². The van der Waals surface area contributed by atoms with Crippen molar-refractivity contribution in [3.8, 4) is 0 Å². The highest BCUT2D eigenvalue weighted by Gasteiger charge is 2.41. The highest BCUT2D eigenvalue weighted by Crippen LogP contribution is 2.20. The second-order valence-corrected chi connectivity index (χ2v) is 7.66. The van der Waals surface area contributed by atoms with E-state index in [1.807, 2.05) is 0 Å². The Morgan fingerprint density at radius 3 is 1.65 bits per heavy atom. The molecule has 4 nitrogen and oxygen atoms in total. The largest absolute Gasteiger partial charge is 0.501 e. The van der Waals surface area contributed by atoms with E-state index in [2.05, 4.69) is 27.4 Å². The summed E-state index contributed by atoms with van der Waals surface area (Å²) >= 11 is 0. The fourth-order valence-electron chi connectivity index (χ4n) is 1.59. The van der Waals surface area contributed by atoms with E-state index in [9.17, 15) is 4.79 Å². The summed E-state index contributed by atoms with van der Waals surface area (Å²) < 4.78 is 17.8. The van der Waals surface area contributed by atoms with Gasteiger partial charge in [0.2, 0.25) is 0 Å². The van der Waals surface area contributed by atoms with Gasteiger partial charge in [-0.25, -0.2) is 0 Å². The van der Waals surface area contributed by atoms with E-state index in [-0.39, 0.29) is 5.78 Å². The molecule has 0 saturated heterocycles. The average molecular weight is 302 g/mol. The Bertz CT molecular complexity index is 270. The van der Waals surface area contributed by atoms with Gasteiger partial charge >= 0.3 is 8.80 Å². The first-order chi connectivity index (χ1) is 9.51. The lowest BCUT2D eigenvalue weighted by Gasteiger charge is -2.29. The van der Waals surface area contributed by atoms with Crippen LogP contribution in [0.4, 0.5) is 0 Å². The van der Waals surface area contributed by atoms with Crippen molar-refractivity contribution in [2.45, 2.75) is 59.4 Å². The zero-order valence-corrected chi connectivity index (χ0v) is 14.5. The van der Waals surface area contributed by atoms with E-state index in [0.29, 0.717) is 37.9 Å². The number of hydrogen-bond acceptors (Lipinski definition) is 4. The number of ketones is 1. The molecule has 0 unspecified atom stereocenters. The molecule has 0 aromatic carbocycles. The van der Waals surface area contributed by atoms with Crippen LogP contribution in [0.3, 0.4) is 0 Å². The van der Waals surface area contributed by atoms with Gasteiger partial charge in [-0.2, -0.15) is 0 Å². The molecule has 0 aromatic rings. The summed E-state index contributed by atoms with van der Waals surface area (Å²) in [6.45, 7) is 13.4. The Hall–Kier alpha value is -0.493. The number of allylic oxidation sites excluding steroid dienone is 1. The zero-order valence-electron chi connectivity index (χ0n) is 13.5. The van der Waals surface area contributed by atoms with Crippen molar-refractivity contribution in [3.63, 3.8) is 0 Å². The van der Waals surface area contributed by atoms with Crippen molar-refractivity contribution >= 4 is 14.6 Å². The molecular formula is C15H30O4Si. The fraction of sp³-hybridized carbons (Fsp3) is 0.800. The molecule has 0 radical (unpaired) electrons. The summed E-state index contributed by atoms with van der Waals surface area (Å²) in [6.07, 6.45) is 3.12. The van der Waals surface area contributed by atoms with E-state index < -0.39 is 8.80 Å². The van der Waals surface area contributed by atoms with Crippen LogP contribution in [0.5, 0.6) is 0 Å². The van der Waals surface area contributed by atoms with Crippen LogP contribution in [0, 0.1) is 0 Å². The molecule has 20 heavy (non-hydrogen) atoms. The number of carbonyl (C=O) groups is 1. The second kappa shape index (κ2) is 11.2. The third kappa shape index (κ3) is 7.94. The highest BCUT2D eigenvalue weighted by molar-refractivity contribution is 6.61. The molecule has 0 spiro atoms. The molecule has 118 valence electrons. The van der Waals surface area contributed by atoms with Gasteiger partial charge < -0.3 is 13.3 Å². The molecule has 0 aromatic heterocycles. The first-order valence-corrected chi connectivity index (χ1v) is 9.55. The number of hydrogen-bond donors (Lipinski definition) is 0. The van der Waals surface area contributed by atoms with Crippen LogP contribution in [0.2, 0.25) is 6.04 Å². The summed E-state index contributed by atoms with van der Waals surface area (Å²) in [5.74, 6) is 0.0576. The monoisotopic (exact) mass is 302 g/mol. The summed E-state index contributed by atoms with van der Waals surface area (Å²) in [7, 11) is -2.73. The van der Waals surface area contributed by atoms with Crippen LogP contribution in [0.1, 0.15) is 53.4 Å². The van der Waals surface area contributed by atoms with E-state index >= 15 is 0 Å². The maximum atomic E-state index is 11.8. The Kier molecular flexibility index (Phi) is 10.9. The van der Waals surface area contributed by atoms with Crippen LogP contribution in [-0.2, 0) is 18.1 Å². The van der Waals surface area contributed by atoms with E-state index in [1.54, 1.807) is 6.92 Å². The molecule has 0 bridgehead atoms. The van der Waals surface area contributed by atoms with Crippen LogP contribution >= 0.6 is 0 Å². The Balaban J connectivity index is 4.73. The lowest BCUT2D eigenvalue weighted by Crippen LogP contribution is -2.47. The Morgan fingerprint density at radius 1 is 0.950 bits per heavy atom. The van der Waals surface area contributed by atoms with Gasteiger partial charge in [-0.1, -0.05) is 27.4 Å². The van der Waals surface area contributed by atoms with Crippen molar-refractivity contribution in [3.05, 3.63) is 12.2 Å². The summed E-state index contributed by atoms with van der Waals surface area (Å²) in [5.41, 5.74) is 0.578. The van der Waals surface area contributed by atoms with Gasteiger partial charge in [-0.3, -0.25) is 4.79 Å². The second-order valence-electron chi connectivity index (χ2n) is 4.93. The molecule has 5 heteroatoms. The minimum atomic E-state index is -2.73.